The molecule has 7 nitrogen and oxygen atoms in total. The van der Waals surface area contributed by atoms with Crippen LogP contribution in [-0.2, 0) is 0 Å². The summed E-state index contributed by atoms with van der Waals surface area (Å²) >= 11 is 0. The number of fused-ring (bicyclic) bond motifs is 1. The first-order valence-electron chi connectivity index (χ1n) is 10.4. The summed E-state index contributed by atoms with van der Waals surface area (Å²) in [6.45, 7) is 1.43. The number of nitrogens with two attached hydrogens (primary N) is 1. The number of nitrogens with one attached hydrogen (secondary N) is 1. The van der Waals surface area contributed by atoms with E-state index in [0.29, 0.717) is 36.0 Å². The summed E-state index contributed by atoms with van der Waals surface area (Å²) in [5.74, 6) is -1.10. The molecule has 1 unspecified atom stereocenters. The molecule has 0 aromatic carbocycles. The third kappa shape index (κ3) is 4.43. The molecule has 3 aromatic rings. The zero-order valence-electron chi connectivity index (χ0n) is 17.2. The number of halogens is 3. The average molecular weight is 434 g/mol. The fourth-order valence-electron chi connectivity index (χ4n) is 4.00. The summed E-state index contributed by atoms with van der Waals surface area (Å²) in [6, 6.07) is 2.49. The summed E-state index contributed by atoms with van der Waals surface area (Å²) in [5, 5.41) is 7.54. The second-order valence-electron chi connectivity index (χ2n) is 7.77. The zero-order valence-corrected chi connectivity index (χ0v) is 17.2. The van der Waals surface area contributed by atoms with E-state index in [9.17, 15) is 13.2 Å². The van der Waals surface area contributed by atoms with E-state index in [1.807, 2.05) is 0 Å². The molecule has 3 N–H and O–H groups in total. The lowest BCUT2D eigenvalue weighted by molar-refractivity contribution is 0.361. The van der Waals surface area contributed by atoms with E-state index in [2.05, 4.69) is 20.4 Å². The fraction of sp³-hybridized carbons (Fsp3) is 0.476. The Morgan fingerprint density at radius 1 is 1.16 bits per heavy atom. The van der Waals surface area contributed by atoms with Gasteiger partial charge in [-0.15, -0.1) is 0 Å². The van der Waals surface area contributed by atoms with Crippen LogP contribution in [0.15, 0.2) is 18.3 Å². The van der Waals surface area contributed by atoms with Gasteiger partial charge in [-0.1, -0.05) is 12.8 Å². The van der Waals surface area contributed by atoms with Crippen LogP contribution >= 0.6 is 0 Å². The summed E-state index contributed by atoms with van der Waals surface area (Å²) in [6.07, 6.45) is 5.96. The molecule has 1 aliphatic carbocycles. The summed E-state index contributed by atoms with van der Waals surface area (Å²) in [7, 11) is 1.59. The Labute approximate surface area is 177 Å². The normalized spacial score (nSPS) is 18.9. The van der Waals surface area contributed by atoms with Crippen LogP contribution in [0, 0.1) is 11.6 Å². The van der Waals surface area contributed by atoms with Crippen molar-refractivity contribution in [3.05, 3.63) is 35.7 Å². The van der Waals surface area contributed by atoms with Crippen molar-refractivity contribution in [2.24, 2.45) is 0 Å². The molecule has 0 amide bonds. The molecule has 3 aromatic heterocycles. The van der Waals surface area contributed by atoms with E-state index in [1.54, 1.807) is 13.2 Å². The van der Waals surface area contributed by atoms with E-state index in [4.69, 9.17) is 10.5 Å². The highest BCUT2D eigenvalue weighted by Crippen LogP contribution is 2.38. The molecule has 0 bridgehead atoms. The predicted molar refractivity (Wildman–Crippen MR) is 111 cm³/mol. The Morgan fingerprint density at radius 2 is 1.94 bits per heavy atom. The minimum atomic E-state index is -0.892. The number of nitrogens with zero attached hydrogens (tertiary/aromatic N) is 4. The van der Waals surface area contributed by atoms with Crippen molar-refractivity contribution >= 4 is 11.5 Å². The van der Waals surface area contributed by atoms with Crippen LogP contribution in [0.5, 0.6) is 5.75 Å². The zero-order chi connectivity index (χ0) is 22.0. The number of hydrogen-bond acceptors (Lipinski definition) is 6. The topological polar surface area (TPSA) is 90.4 Å². The number of rotatable bonds is 3. The van der Waals surface area contributed by atoms with Crippen molar-refractivity contribution < 1.29 is 17.9 Å². The molecule has 2 aliphatic rings. The van der Waals surface area contributed by atoms with E-state index >= 15 is 0 Å². The summed E-state index contributed by atoms with van der Waals surface area (Å²) in [4.78, 5) is 8.07. The van der Waals surface area contributed by atoms with E-state index in [0.717, 1.165) is 44.0 Å². The van der Waals surface area contributed by atoms with E-state index in [-0.39, 0.29) is 11.5 Å². The number of ether oxygens (including phenoxy) is 1. The van der Waals surface area contributed by atoms with Crippen LogP contribution in [0.4, 0.5) is 19.0 Å². The van der Waals surface area contributed by atoms with Crippen molar-refractivity contribution in [1.29, 1.82) is 0 Å². The van der Waals surface area contributed by atoms with Gasteiger partial charge < -0.3 is 15.8 Å². The largest absolute Gasteiger partial charge is 0.495 e. The molecule has 1 saturated carbocycles. The maximum atomic E-state index is 14.2. The first-order chi connectivity index (χ1) is 15.0. The molecule has 1 aliphatic heterocycles. The third-order valence-corrected chi connectivity index (χ3v) is 5.65. The van der Waals surface area contributed by atoms with Crippen molar-refractivity contribution in [1.82, 2.24) is 24.9 Å². The second kappa shape index (κ2) is 9.09. The van der Waals surface area contributed by atoms with Gasteiger partial charge in [0.25, 0.3) is 0 Å². The lowest BCUT2D eigenvalue weighted by atomic mass is 10.0. The lowest BCUT2D eigenvalue weighted by Crippen LogP contribution is -2.08. The number of anilines is 1. The molecule has 10 heteroatoms. The number of alkyl halides is 1. The average Bonchev–Trinajstić information content (AvgIpc) is 3.52. The molecule has 4 heterocycles. The van der Waals surface area contributed by atoms with Gasteiger partial charge in [-0.05, 0) is 25.8 Å². The molecule has 0 spiro atoms. The Bertz CT molecular complexity index is 1060. The number of methoxy groups -OCH3 is 1. The molecule has 0 radical (unpaired) electrons. The van der Waals surface area contributed by atoms with Crippen LogP contribution in [0.1, 0.15) is 43.7 Å². The van der Waals surface area contributed by atoms with Gasteiger partial charge in [0.05, 0.1) is 13.3 Å². The van der Waals surface area contributed by atoms with Crippen molar-refractivity contribution in [2.75, 3.05) is 25.9 Å². The van der Waals surface area contributed by atoms with Crippen molar-refractivity contribution in [3.8, 4) is 17.1 Å². The summed E-state index contributed by atoms with van der Waals surface area (Å²) in [5.41, 5.74) is 7.05. The first-order valence-corrected chi connectivity index (χ1v) is 10.4. The van der Waals surface area contributed by atoms with Crippen LogP contribution in [0.2, 0.25) is 0 Å². The first kappa shape index (κ1) is 21.4. The van der Waals surface area contributed by atoms with Crippen molar-refractivity contribution in [3.63, 3.8) is 0 Å². The molecule has 1 atom stereocenters. The fourth-order valence-corrected chi connectivity index (χ4v) is 4.00. The van der Waals surface area contributed by atoms with Gasteiger partial charge in [-0.3, -0.25) is 0 Å². The highest BCUT2D eigenvalue weighted by atomic mass is 19.1. The molecule has 166 valence electrons. The smallest absolute Gasteiger partial charge is 0.168 e. The molecular formula is C21H25F3N6O. The van der Waals surface area contributed by atoms with Crippen LogP contribution in [-0.4, -0.2) is 46.0 Å². The molecule has 2 fully saturated rings. The molecule has 1 saturated heterocycles. The second-order valence-corrected chi connectivity index (χ2v) is 7.77. The lowest BCUT2D eigenvalue weighted by Gasteiger charge is -2.14. The quantitative estimate of drug-likeness (QED) is 0.654. The van der Waals surface area contributed by atoms with Crippen molar-refractivity contribution in [2.45, 2.75) is 44.2 Å². The van der Waals surface area contributed by atoms with Gasteiger partial charge in [0.1, 0.15) is 29.0 Å². The van der Waals surface area contributed by atoms with E-state index in [1.165, 1.54) is 10.7 Å². The van der Waals surface area contributed by atoms with Gasteiger partial charge in [0.2, 0.25) is 0 Å². The van der Waals surface area contributed by atoms with Gasteiger partial charge in [0, 0.05) is 24.6 Å². The van der Waals surface area contributed by atoms with Gasteiger partial charge in [0.15, 0.2) is 23.1 Å². The Morgan fingerprint density at radius 3 is 2.55 bits per heavy atom. The SMILES string of the molecule is COc1cc2ncc(-c3nc(N)c(F)cc3F)n2nc1C1CCCC1.FC1CCNC1. The number of nitrogen functional groups attached to an aromatic ring is 1. The maximum absolute atomic E-state index is 14.2. The van der Waals surface area contributed by atoms with Gasteiger partial charge in [-0.25, -0.2) is 27.7 Å². The highest BCUT2D eigenvalue weighted by Gasteiger charge is 2.25. The minimum absolute atomic E-state index is 0.0820. The van der Waals surface area contributed by atoms with E-state index < -0.39 is 17.8 Å². The monoisotopic (exact) mass is 434 g/mol. The van der Waals surface area contributed by atoms with Crippen LogP contribution in [0.3, 0.4) is 0 Å². The highest BCUT2D eigenvalue weighted by molar-refractivity contribution is 5.62. The third-order valence-electron chi connectivity index (χ3n) is 5.65. The Balaban J connectivity index is 0.000000334. The van der Waals surface area contributed by atoms with Gasteiger partial charge >= 0.3 is 0 Å². The molecule has 5 rings (SSSR count). The number of aromatic nitrogens is 4. The molecule has 31 heavy (non-hydrogen) atoms. The van der Waals surface area contributed by atoms with Crippen LogP contribution < -0.4 is 15.8 Å². The minimum Gasteiger partial charge on any atom is -0.495 e. The Kier molecular flexibility index (Phi) is 6.26. The van der Waals surface area contributed by atoms with Crippen LogP contribution in [0.25, 0.3) is 17.0 Å². The number of pyridine rings is 1. The summed E-state index contributed by atoms with van der Waals surface area (Å²) < 4.78 is 46.5. The standard InChI is InChI=1S/C17H17F2N5O.C4H8FN/c1-25-13-7-14-21-8-12(16-10(18)6-11(19)17(20)22-16)24(14)23-15(13)9-4-2-3-5-9;5-4-1-2-6-3-4/h6-9H,2-5H2,1H3,(H2,20,22);4,6H,1-3H2. The number of imidazole rings is 1. The predicted octanol–water partition coefficient (Wildman–Crippen LogP) is 3.64. The molecular weight excluding hydrogens is 409 g/mol. The number of hydrogen-bond donors (Lipinski definition) is 2. The van der Waals surface area contributed by atoms with Gasteiger partial charge in [-0.2, -0.15) is 5.10 Å². The Hall–Kier alpha value is -2.88. The maximum Gasteiger partial charge on any atom is 0.168 e.